The summed E-state index contributed by atoms with van der Waals surface area (Å²) in [6.45, 7) is 1.94. The van der Waals surface area contributed by atoms with Crippen LogP contribution >= 0.6 is 15.9 Å². The minimum absolute atomic E-state index is 0.0844. The molecule has 1 atom stereocenters. The number of amides is 1. The van der Waals surface area contributed by atoms with E-state index in [2.05, 4.69) is 15.9 Å². The Morgan fingerprint density at radius 2 is 1.85 bits per heavy atom. The van der Waals surface area contributed by atoms with E-state index in [0.29, 0.717) is 10.0 Å². The van der Waals surface area contributed by atoms with Gasteiger partial charge in [0, 0.05) is 11.5 Å². The number of carbonyl (C=O) groups excluding carboxylic acids is 1. The molecule has 0 radical (unpaired) electrons. The number of nitrogens with zero attached hydrogens (tertiary/aromatic N) is 1. The molecule has 0 N–H and O–H groups in total. The lowest BCUT2D eigenvalue weighted by Crippen LogP contribution is -2.30. The van der Waals surface area contributed by atoms with E-state index in [1.54, 1.807) is 18.0 Å². The summed E-state index contributed by atoms with van der Waals surface area (Å²) in [4.78, 5) is 14.1. The first kappa shape index (κ1) is 14.7. The van der Waals surface area contributed by atoms with Gasteiger partial charge < -0.3 is 4.90 Å². The van der Waals surface area contributed by atoms with Gasteiger partial charge in [0.05, 0.1) is 11.6 Å². The second-order valence-corrected chi connectivity index (χ2v) is 5.48. The van der Waals surface area contributed by atoms with Crippen LogP contribution in [0.1, 0.15) is 28.9 Å². The Balaban J connectivity index is 2.27. The average Bonchev–Trinajstić information content (AvgIpc) is 2.48. The number of halogens is 2. The molecule has 104 valence electrons. The van der Waals surface area contributed by atoms with Gasteiger partial charge >= 0.3 is 0 Å². The molecule has 0 saturated carbocycles. The van der Waals surface area contributed by atoms with E-state index in [4.69, 9.17) is 0 Å². The van der Waals surface area contributed by atoms with Gasteiger partial charge in [0.25, 0.3) is 5.91 Å². The number of carbonyl (C=O) groups is 1. The Kier molecular flexibility index (Phi) is 4.55. The Labute approximate surface area is 126 Å². The second-order valence-electron chi connectivity index (χ2n) is 4.63. The Morgan fingerprint density at radius 1 is 1.20 bits per heavy atom. The van der Waals surface area contributed by atoms with Gasteiger partial charge in [0.15, 0.2) is 0 Å². The largest absolute Gasteiger partial charge is 0.335 e. The van der Waals surface area contributed by atoms with Gasteiger partial charge in [-0.1, -0.05) is 30.3 Å². The third-order valence-corrected chi connectivity index (χ3v) is 4.03. The Hall–Kier alpha value is -1.68. The lowest BCUT2D eigenvalue weighted by atomic mass is 10.1. The molecule has 1 unspecified atom stereocenters. The first-order valence-corrected chi connectivity index (χ1v) is 7.07. The van der Waals surface area contributed by atoms with Crippen molar-refractivity contribution in [1.82, 2.24) is 4.90 Å². The van der Waals surface area contributed by atoms with Crippen molar-refractivity contribution < 1.29 is 9.18 Å². The van der Waals surface area contributed by atoms with Gasteiger partial charge in [-0.3, -0.25) is 4.79 Å². The fourth-order valence-electron chi connectivity index (χ4n) is 1.98. The standard InChI is InChI=1S/C16H15BrFNO/c1-11(12-6-4-3-5-7-12)19(2)16(20)14-10-13(18)8-9-15(14)17/h3-11H,1-2H3. The van der Waals surface area contributed by atoms with Gasteiger partial charge in [0.1, 0.15) is 5.82 Å². The van der Waals surface area contributed by atoms with Crippen LogP contribution in [-0.2, 0) is 0 Å². The highest BCUT2D eigenvalue weighted by molar-refractivity contribution is 9.10. The third kappa shape index (κ3) is 3.07. The van der Waals surface area contributed by atoms with E-state index in [-0.39, 0.29) is 11.9 Å². The summed E-state index contributed by atoms with van der Waals surface area (Å²) in [5, 5.41) is 0. The minimum atomic E-state index is -0.419. The summed E-state index contributed by atoms with van der Waals surface area (Å²) < 4.78 is 13.9. The number of benzene rings is 2. The topological polar surface area (TPSA) is 20.3 Å². The van der Waals surface area contributed by atoms with Crippen LogP contribution in [0.2, 0.25) is 0 Å². The predicted octanol–water partition coefficient (Wildman–Crippen LogP) is 4.42. The van der Waals surface area contributed by atoms with Crippen LogP contribution in [0.15, 0.2) is 53.0 Å². The van der Waals surface area contributed by atoms with E-state index in [1.807, 2.05) is 37.3 Å². The fraction of sp³-hybridized carbons (Fsp3) is 0.188. The molecule has 0 bridgehead atoms. The molecule has 0 spiro atoms. The van der Waals surface area contributed by atoms with Crippen molar-refractivity contribution >= 4 is 21.8 Å². The molecule has 2 aromatic rings. The lowest BCUT2D eigenvalue weighted by molar-refractivity contribution is 0.0741. The second kappa shape index (κ2) is 6.18. The van der Waals surface area contributed by atoms with Gasteiger partial charge in [-0.2, -0.15) is 0 Å². The van der Waals surface area contributed by atoms with Crippen LogP contribution in [0.3, 0.4) is 0 Å². The first-order valence-electron chi connectivity index (χ1n) is 6.28. The minimum Gasteiger partial charge on any atom is -0.335 e. The Morgan fingerprint density at radius 3 is 2.50 bits per heavy atom. The zero-order chi connectivity index (χ0) is 14.7. The third-order valence-electron chi connectivity index (χ3n) is 3.34. The zero-order valence-electron chi connectivity index (χ0n) is 11.3. The normalized spacial score (nSPS) is 12.0. The quantitative estimate of drug-likeness (QED) is 0.812. The molecule has 2 nitrogen and oxygen atoms in total. The summed E-state index contributed by atoms with van der Waals surface area (Å²) in [6.07, 6.45) is 0. The van der Waals surface area contributed by atoms with Crippen molar-refractivity contribution in [3.8, 4) is 0 Å². The van der Waals surface area contributed by atoms with E-state index in [9.17, 15) is 9.18 Å². The van der Waals surface area contributed by atoms with Crippen LogP contribution in [-0.4, -0.2) is 17.9 Å². The van der Waals surface area contributed by atoms with Crippen molar-refractivity contribution in [2.75, 3.05) is 7.05 Å². The molecule has 0 heterocycles. The molecule has 0 aliphatic heterocycles. The Bertz CT molecular complexity index is 615. The van der Waals surface area contributed by atoms with Crippen molar-refractivity contribution in [2.24, 2.45) is 0 Å². The van der Waals surface area contributed by atoms with Crippen LogP contribution in [0.4, 0.5) is 4.39 Å². The van der Waals surface area contributed by atoms with E-state index in [0.717, 1.165) is 5.56 Å². The fourth-order valence-corrected chi connectivity index (χ4v) is 2.40. The highest BCUT2D eigenvalue weighted by Crippen LogP contribution is 2.24. The summed E-state index contributed by atoms with van der Waals surface area (Å²) >= 11 is 3.29. The molecule has 0 aromatic heterocycles. The van der Waals surface area contributed by atoms with Gasteiger partial charge in [0.2, 0.25) is 0 Å². The van der Waals surface area contributed by atoms with E-state index < -0.39 is 5.82 Å². The van der Waals surface area contributed by atoms with Crippen LogP contribution in [0.5, 0.6) is 0 Å². The monoisotopic (exact) mass is 335 g/mol. The number of rotatable bonds is 3. The maximum atomic E-state index is 13.3. The zero-order valence-corrected chi connectivity index (χ0v) is 12.9. The van der Waals surface area contributed by atoms with Crippen LogP contribution in [0, 0.1) is 5.82 Å². The predicted molar refractivity (Wildman–Crippen MR) is 81.1 cm³/mol. The molecule has 20 heavy (non-hydrogen) atoms. The van der Waals surface area contributed by atoms with Crippen LogP contribution < -0.4 is 0 Å². The maximum Gasteiger partial charge on any atom is 0.255 e. The lowest BCUT2D eigenvalue weighted by Gasteiger charge is -2.25. The number of hydrogen-bond donors (Lipinski definition) is 0. The smallest absolute Gasteiger partial charge is 0.255 e. The molecule has 0 aliphatic rings. The van der Waals surface area contributed by atoms with Crippen molar-refractivity contribution in [1.29, 1.82) is 0 Å². The molecule has 2 rings (SSSR count). The molecule has 2 aromatic carbocycles. The van der Waals surface area contributed by atoms with Gasteiger partial charge in [-0.25, -0.2) is 4.39 Å². The van der Waals surface area contributed by atoms with E-state index >= 15 is 0 Å². The van der Waals surface area contributed by atoms with Crippen molar-refractivity contribution in [3.63, 3.8) is 0 Å². The first-order chi connectivity index (χ1) is 9.50. The van der Waals surface area contributed by atoms with Crippen molar-refractivity contribution in [2.45, 2.75) is 13.0 Å². The molecular weight excluding hydrogens is 321 g/mol. The highest BCUT2D eigenvalue weighted by atomic mass is 79.9. The summed E-state index contributed by atoms with van der Waals surface area (Å²) in [5.41, 5.74) is 1.37. The van der Waals surface area contributed by atoms with Crippen molar-refractivity contribution in [3.05, 3.63) is 69.9 Å². The van der Waals surface area contributed by atoms with Gasteiger partial charge in [-0.15, -0.1) is 0 Å². The van der Waals surface area contributed by atoms with E-state index in [1.165, 1.54) is 12.1 Å². The maximum absolute atomic E-state index is 13.3. The molecule has 1 amide bonds. The SMILES string of the molecule is CC(c1ccccc1)N(C)C(=O)c1cc(F)ccc1Br. The summed E-state index contributed by atoms with van der Waals surface area (Å²) in [6, 6.07) is 13.8. The summed E-state index contributed by atoms with van der Waals surface area (Å²) in [5.74, 6) is -0.634. The average molecular weight is 336 g/mol. The molecule has 4 heteroatoms. The molecule has 0 aliphatic carbocycles. The molecule has 0 saturated heterocycles. The summed E-state index contributed by atoms with van der Waals surface area (Å²) in [7, 11) is 1.72. The van der Waals surface area contributed by atoms with Crippen LogP contribution in [0.25, 0.3) is 0 Å². The molecule has 0 fully saturated rings. The molecular formula is C16H15BrFNO. The number of hydrogen-bond acceptors (Lipinski definition) is 1. The van der Waals surface area contributed by atoms with Gasteiger partial charge in [-0.05, 0) is 46.6 Å². The highest BCUT2D eigenvalue weighted by Gasteiger charge is 2.21.